The normalized spacial score (nSPS) is 18.8. The zero-order chi connectivity index (χ0) is 17.8. The van der Waals surface area contributed by atoms with Crippen molar-refractivity contribution in [3.8, 4) is 0 Å². The van der Waals surface area contributed by atoms with Crippen molar-refractivity contribution in [2.75, 3.05) is 13.1 Å². The van der Waals surface area contributed by atoms with Crippen molar-refractivity contribution in [1.82, 2.24) is 19.9 Å². The molecule has 0 radical (unpaired) electrons. The number of piperidine rings is 1. The first-order valence-corrected chi connectivity index (χ1v) is 10.2. The molecule has 0 spiro atoms. The molecule has 1 aliphatic heterocycles. The minimum atomic E-state index is 0.317. The average molecular weight is 366 g/mol. The van der Waals surface area contributed by atoms with E-state index in [1.807, 2.05) is 6.92 Å². The molecule has 0 N–H and O–H groups in total. The summed E-state index contributed by atoms with van der Waals surface area (Å²) in [4.78, 5) is 29.4. The van der Waals surface area contributed by atoms with E-state index in [1.54, 1.807) is 17.7 Å². The van der Waals surface area contributed by atoms with Gasteiger partial charge in [-0.2, -0.15) is 0 Å². The summed E-state index contributed by atoms with van der Waals surface area (Å²) in [6, 6.07) is 2.12. The van der Waals surface area contributed by atoms with Crippen LogP contribution in [0.4, 0.5) is 0 Å². The van der Waals surface area contributed by atoms with E-state index in [-0.39, 0.29) is 0 Å². The van der Waals surface area contributed by atoms with Crippen LogP contribution >= 0.6 is 11.3 Å². The van der Waals surface area contributed by atoms with E-state index in [0.29, 0.717) is 17.7 Å². The highest BCUT2D eigenvalue weighted by atomic mass is 32.1. The molecular weight excluding hydrogens is 344 g/mol. The molecule has 6 heteroatoms. The summed E-state index contributed by atoms with van der Waals surface area (Å²) in [7, 11) is 0. The Labute approximate surface area is 156 Å². The van der Waals surface area contributed by atoms with Crippen LogP contribution in [-0.2, 0) is 4.79 Å². The molecule has 3 aromatic rings. The Balaban J connectivity index is 1.49. The number of fused-ring (bicyclic) bond motifs is 3. The van der Waals surface area contributed by atoms with Gasteiger partial charge in [0.05, 0.1) is 15.9 Å². The molecule has 26 heavy (non-hydrogen) atoms. The molecule has 134 valence electrons. The first-order valence-electron chi connectivity index (χ1n) is 9.42. The Morgan fingerprint density at radius 3 is 2.65 bits per heavy atom. The fourth-order valence-electron chi connectivity index (χ4n) is 4.18. The molecule has 3 aromatic heterocycles. The van der Waals surface area contributed by atoms with E-state index >= 15 is 0 Å². The number of aryl methyl sites for hydroxylation is 2. The average Bonchev–Trinajstić information content (AvgIpc) is 3.41. The van der Waals surface area contributed by atoms with Crippen molar-refractivity contribution in [3.05, 3.63) is 29.3 Å². The van der Waals surface area contributed by atoms with Gasteiger partial charge in [0.15, 0.2) is 0 Å². The number of hydrogen-bond acceptors (Lipinski definition) is 5. The third-order valence-electron chi connectivity index (χ3n) is 5.70. The van der Waals surface area contributed by atoms with Gasteiger partial charge < -0.3 is 4.90 Å². The van der Waals surface area contributed by atoms with Crippen LogP contribution in [0.1, 0.15) is 48.6 Å². The van der Waals surface area contributed by atoms with Gasteiger partial charge in [-0.15, -0.1) is 11.3 Å². The minimum absolute atomic E-state index is 0.317. The molecule has 1 saturated carbocycles. The van der Waals surface area contributed by atoms with Gasteiger partial charge in [0.2, 0.25) is 5.91 Å². The lowest BCUT2D eigenvalue weighted by atomic mass is 9.92. The van der Waals surface area contributed by atoms with E-state index < -0.39 is 0 Å². The molecule has 0 atom stereocenters. The summed E-state index contributed by atoms with van der Waals surface area (Å²) >= 11 is 1.72. The first kappa shape index (κ1) is 16.1. The van der Waals surface area contributed by atoms with E-state index in [4.69, 9.17) is 4.98 Å². The predicted molar refractivity (Wildman–Crippen MR) is 103 cm³/mol. The smallest absolute Gasteiger partial charge is 0.225 e. The number of aromatic nitrogens is 3. The van der Waals surface area contributed by atoms with Crippen molar-refractivity contribution < 1.29 is 4.79 Å². The van der Waals surface area contributed by atoms with Crippen LogP contribution < -0.4 is 0 Å². The third kappa shape index (κ3) is 2.58. The number of thiophene rings is 1. The Morgan fingerprint density at radius 2 is 1.92 bits per heavy atom. The van der Waals surface area contributed by atoms with Crippen molar-refractivity contribution in [2.24, 2.45) is 5.92 Å². The maximum atomic E-state index is 12.3. The van der Waals surface area contributed by atoms with Crippen LogP contribution in [0.5, 0.6) is 0 Å². The van der Waals surface area contributed by atoms with Crippen molar-refractivity contribution in [3.63, 3.8) is 0 Å². The molecule has 1 aliphatic carbocycles. The van der Waals surface area contributed by atoms with Crippen LogP contribution in [-0.4, -0.2) is 38.8 Å². The summed E-state index contributed by atoms with van der Waals surface area (Å²) in [6.07, 6.45) is 5.84. The largest absolute Gasteiger partial charge is 0.342 e. The lowest BCUT2D eigenvalue weighted by molar-refractivity contribution is -0.133. The molecule has 0 unspecified atom stereocenters. The van der Waals surface area contributed by atoms with Gasteiger partial charge in [-0.3, -0.25) is 4.79 Å². The lowest BCUT2D eigenvalue weighted by Gasteiger charge is -2.32. The predicted octanol–water partition coefficient (Wildman–Crippen LogP) is 3.97. The van der Waals surface area contributed by atoms with Crippen LogP contribution in [0, 0.1) is 19.8 Å². The summed E-state index contributed by atoms with van der Waals surface area (Å²) in [6.45, 7) is 5.88. The second-order valence-electron chi connectivity index (χ2n) is 7.67. The summed E-state index contributed by atoms with van der Waals surface area (Å²) < 4.78 is 1.18. The third-order valence-corrected chi connectivity index (χ3v) is 6.79. The Kier molecular flexibility index (Phi) is 3.71. The number of hydrogen-bond donors (Lipinski definition) is 0. The van der Waals surface area contributed by atoms with Gasteiger partial charge in [-0.05, 0) is 51.2 Å². The fraction of sp³-hybridized carbons (Fsp3) is 0.500. The topological polar surface area (TPSA) is 59.0 Å². The van der Waals surface area contributed by atoms with Crippen LogP contribution in [0.2, 0.25) is 0 Å². The maximum absolute atomic E-state index is 12.3. The van der Waals surface area contributed by atoms with E-state index in [9.17, 15) is 4.79 Å². The molecule has 0 aromatic carbocycles. The zero-order valence-corrected chi connectivity index (χ0v) is 16.0. The number of nitrogens with zero attached hydrogens (tertiary/aromatic N) is 4. The van der Waals surface area contributed by atoms with Crippen molar-refractivity contribution in [1.29, 1.82) is 0 Å². The van der Waals surface area contributed by atoms with Gasteiger partial charge in [0.25, 0.3) is 0 Å². The van der Waals surface area contributed by atoms with Gasteiger partial charge in [0.1, 0.15) is 11.2 Å². The number of carbonyl (C=O) groups is 1. The van der Waals surface area contributed by atoms with Gasteiger partial charge in [-0.25, -0.2) is 15.0 Å². The zero-order valence-electron chi connectivity index (χ0n) is 15.2. The number of pyridine rings is 1. The SMILES string of the molecule is Cc1cc(C)c2c(n1)sc1c(C3CCN(C(=O)C4CC4)CC3)ncnc12. The quantitative estimate of drug-likeness (QED) is 0.688. The summed E-state index contributed by atoms with van der Waals surface area (Å²) in [5.74, 6) is 1.09. The van der Waals surface area contributed by atoms with Gasteiger partial charge >= 0.3 is 0 Å². The highest BCUT2D eigenvalue weighted by Crippen LogP contribution is 2.40. The molecule has 4 heterocycles. The van der Waals surface area contributed by atoms with E-state index in [2.05, 4.69) is 27.9 Å². The van der Waals surface area contributed by atoms with E-state index in [1.165, 1.54) is 15.6 Å². The highest BCUT2D eigenvalue weighted by molar-refractivity contribution is 7.25. The molecule has 0 bridgehead atoms. The lowest BCUT2D eigenvalue weighted by Crippen LogP contribution is -2.38. The Morgan fingerprint density at radius 1 is 1.15 bits per heavy atom. The molecule has 2 aliphatic rings. The maximum Gasteiger partial charge on any atom is 0.225 e. The van der Waals surface area contributed by atoms with Crippen LogP contribution in [0.15, 0.2) is 12.4 Å². The minimum Gasteiger partial charge on any atom is -0.342 e. The van der Waals surface area contributed by atoms with Gasteiger partial charge in [-0.1, -0.05) is 0 Å². The van der Waals surface area contributed by atoms with Gasteiger partial charge in [0, 0.05) is 36.0 Å². The molecule has 2 fully saturated rings. The second kappa shape index (κ2) is 5.98. The standard InChI is InChI=1S/C20H22N4OS/c1-11-9-12(2)23-19-15(11)17-18(26-19)16(21-10-22-17)13-5-7-24(8-6-13)20(25)14-3-4-14/h9-10,13-14H,3-8H2,1-2H3. The monoisotopic (exact) mass is 366 g/mol. The molecule has 1 saturated heterocycles. The summed E-state index contributed by atoms with van der Waals surface area (Å²) in [5, 5.41) is 1.17. The van der Waals surface area contributed by atoms with Crippen LogP contribution in [0.25, 0.3) is 20.4 Å². The number of rotatable bonds is 2. The van der Waals surface area contributed by atoms with Crippen molar-refractivity contribution in [2.45, 2.75) is 45.4 Å². The number of carbonyl (C=O) groups excluding carboxylic acids is 1. The molecule has 5 nitrogen and oxygen atoms in total. The fourth-order valence-corrected chi connectivity index (χ4v) is 5.50. The molecule has 1 amide bonds. The Hall–Kier alpha value is -2.08. The second-order valence-corrected chi connectivity index (χ2v) is 8.67. The van der Waals surface area contributed by atoms with Crippen LogP contribution in [0.3, 0.4) is 0 Å². The summed E-state index contributed by atoms with van der Waals surface area (Å²) in [5.41, 5.74) is 4.46. The first-order chi connectivity index (χ1) is 12.6. The van der Waals surface area contributed by atoms with E-state index in [0.717, 1.165) is 60.5 Å². The highest BCUT2D eigenvalue weighted by Gasteiger charge is 2.35. The molecule has 5 rings (SSSR count). The molecular formula is C20H22N4OS. The number of likely N-dealkylation sites (tertiary alicyclic amines) is 1. The van der Waals surface area contributed by atoms with Crippen molar-refractivity contribution >= 4 is 37.7 Å². The Bertz CT molecular complexity index is 1020. The number of amides is 1.